The Labute approximate surface area is 190 Å². The lowest BCUT2D eigenvalue weighted by Gasteiger charge is -2.36. The molecule has 1 atom stereocenters. The first-order chi connectivity index (χ1) is 15.3. The van der Waals surface area contributed by atoms with Gasteiger partial charge in [0.05, 0.1) is 0 Å². The number of fused-ring (bicyclic) bond motifs is 1. The molecule has 0 bridgehead atoms. The van der Waals surface area contributed by atoms with Gasteiger partial charge in [0.15, 0.2) is 0 Å². The Hall–Kier alpha value is -2.80. The largest absolute Gasteiger partial charge is 0.473 e. The molecule has 7 nitrogen and oxygen atoms in total. The molecule has 1 aromatic heterocycles. The molecule has 3 heterocycles. The lowest BCUT2D eigenvalue weighted by atomic mass is 10.2. The molecular formula is C25H34N4O3. The van der Waals surface area contributed by atoms with Crippen LogP contribution in [-0.2, 0) is 17.8 Å². The number of anilines is 1. The van der Waals surface area contributed by atoms with E-state index in [2.05, 4.69) is 53.1 Å². The molecule has 7 heteroatoms. The van der Waals surface area contributed by atoms with E-state index in [1.54, 1.807) is 4.90 Å². The summed E-state index contributed by atoms with van der Waals surface area (Å²) in [5.74, 6) is 1.62. The number of rotatable bonds is 3. The van der Waals surface area contributed by atoms with Crippen molar-refractivity contribution in [2.75, 3.05) is 37.6 Å². The number of aromatic nitrogens is 1. The molecule has 1 amide bonds. The van der Waals surface area contributed by atoms with Gasteiger partial charge in [0.25, 0.3) is 0 Å². The zero-order valence-electron chi connectivity index (χ0n) is 19.6. The van der Waals surface area contributed by atoms with Crippen LogP contribution in [0.15, 0.2) is 42.5 Å². The molecular weight excluding hydrogens is 404 g/mol. The van der Waals surface area contributed by atoms with E-state index in [1.165, 1.54) is 5.56 Å². The van der Waals surface area contributed by atoms with Crippen molar-refractivity contribution in [2.24, 2.45) is 0 Å². The van der Waals surface area contributed by atoms with Crippen molar-refractivity contribution in [3.05, 3.63) is 53.6 Å². The summed E-state index contributed by atoms with van der Waals surface area (Å²) in [7, 11) is 0. The quantitative estimate of drug-likeness (QED) is 0.724. The Bertz CT molecular complexity index is 921. The molecule has 0 radical (unpaired) electrons. The van der Waals surface area contributed by atoms with Gasteiger partial charge < -0.3 is 19.3 Å². The molecule has 4 rings (SSSR count). The Morgan fingerprint density at radius 2 is 1.81 bits per heavy atom. The van der Waals surface area contributed by atoms with Gasteiger partial charge >= 0.3 is 6.09 Å². The summed E-state index contributed by atoms with van der Waals surface area (Å²) in [5, 5.41) is 0. The number of hydrogen-bond donors (Lipinski definition) is 0. The van der Waals surface area contributed by atoms with E-state index in [0.29, 0.717) is 13.1 Å². The van der Waals surface area contributed by atoms with Gasteiger partial charge in [-0.3, -0.25) is 4.90 Å². The highest BCUT2D eigenvalue weighted by molar-refractivity contribution is 5.68. The number of carbonyl (C=O) groups is 1. The van der Waals surface area contributed by atoms with E-state index in [9.17, 15) is 4.79 Å². The standard InChI is InChI=1S/C25H34N4O3/c1-19-16-27(17-20-8-6-5-7-9-20)18-21-10-11-22(26-23(21)31-19)28-12-14-29(15-13-28)24(30)32-25(2,3)4/h5-11,19H,12-18H2,1-4H3. The number of amides is 1. The van der Waals surface area contributed by atoms with Crippen molar-refractivity contribution in [1.82, 2.24) is 14.8 Å². The fraction of sp³-hybridized carbons (Fsp3) is 0.520. The molecule has 0 N–H and O–H groups in total. The van der Waals surface area contributed by atoms with Crippen LogP contribution in [0.2, 0.25) is 0 Å². The van der Waals surface area contributed by atoms with E-state index in [4.69, 9.17) is 14.5 Å². The zero-order chi connectivity index (χ0) is 22.7. The minimum Gasteiger partial charge on any atom is -0.473 e. The van der Waals surface area contributed by atoms with Gasteiger partial charge in [0.2, 0.25) is 5.88 Å². The number of piperazine rings is 1. The smallest absolute Gasteiger partial charge is 0.410 e. The summed E-state index contributed by atoms with van der Waals surface area (Å²) in [6.07, 6.45) is -0.186. The summed E-state index contributed by atoms with van der Waals surface area (Å²) in [4.78, 5) is 23.6. The number of benzene rings is 1. The van der Waals surface area contributed by atoms with Gasteiger partial charge in [-0.15, -0.1) is 0 Å². The average Bonchev–Trinajstić information content (AvgIpc) is 2.90. The summed E-state index contributed by atoms with van der Waals surface area (Å²) in [6.45, 7) is 13.0. The monoisotopic (exact) mass is 438 g/mol. The normalized spacial score (nSPS) is 19.7. The molecule has 172 valence electrons. The van der Waals surface area contributed by atoms with E-state index < -0.39 is 5.60 Å². The third kappa shape index (κ3) is 5.71. The fourth-order valence-electron chi connectivity index (χ4n) is 4.16. The summed E-state index contributed by atoms with van der Waals surface area (Å²) < 4.78 is 11.7. The van der Waals surface area contributed by atoms with Crippen LogP contribution >= 0.6 is 0 Å². The molecule has 2 aliphatic heterocycles. The van der Waals surface area contributed by atoms with Crippen molar-refractivity contribution >= 4 is 11.9 Å². The molecule has 1 fully saturated rings. The Morgan fingerprint density at radius 1 is 1.09 bits per heavy atom. The minimum atomic E-state index is -0.477. The van der Waals surface area contributed by atoms with Crippen molar-refractivity contribution in [1.29, 1.82) is 0 Å². The van der Waals surface area contributed by atoms with Gasteiger partial charge in [-0.1, -0.05) is 30.3 Å². The van der Waals surface area contributed by atoms with E-state index in [1.807, 2.05) is 26.8 Å². The van der Waals surface area contributed by atoms with Crippen LogP contribution in [0, 0.1) is 0 Å². The lowest BCUT2D eigenvalue weighted by molar-refractivity contribution is 0.0240. The Kier molecular flexibility index (Phi) is 6.55. The van der Waals surface area contributed by atoms with Crippen molar-refractivity contribution < 1.29 is 14.3 Å². The molecule has 1 saturated heterocycles. The second kappa shape index (κ2) is 9.36. The molecule has 0 saturated carbocycles. The van der Waals surface area contributed by atoms with Crippen molar-refractivity contribution in [3.8, 4) is 5.88 Å². The third-order valence-electron chi connectivity index (χ3n) is 5.65. The van der Waals surface area contributed by atoms with Crippen molar-refractivity contribution in [3.63, 3.8) is 0 Å². The molecule has 0 spiro atoms. The number of hydrogen-bond acceptors (Lipinski definition) is 6. The molecule has 1 aromatic carbocycles. The van der Waals surface area contributed by atoms with Crippen LogP contribution in [0.25, 0.3) is 0 Å². The SMILES string of the molecule is CC1CN(Cc2ccccc2)Cc2ccc(N3CCN(C(=O)OC(C)(C)C)CC3)nc2O1. The van der Waals surface area contributed by atoms with E-state index >= 15 is 0 Å². The number of pyridine rings is 1. The maximum Gasteiger partial charge on any atom is 0.410 e. The van der Waals surface area contributed by atoms with Crippen LogP contribution in [0.4, 0.5) is 10.6 Å². The maximum atomic E-state index is 12.3. The van der Waals surface area contributed by atoms with Crippen LogP contribution in [0.3, 0.4) is 0 Å². The maximum absolute atomic E-state index is 12.3. The highest BCUT2D eigenvalue weighted by Crippen LogP contribution is 2.28. The van der Waals surface area contributed by atoms with Crippen LogP contribution < -0.4 is 9.64 Å². The number of ether oxygens (including phenoxy) is 2. The van der Waals surface area contributed by atoms with Crippen LogP contribution in [-0.4, -0.2) is 65.3 Å². The second-order valence-electron chi connectivity index (χ2n) is 9.67. The average molecular weight is 439 g/mol. The second-order valence-corrected chi connectivity index (χ2v) is 9.67. The first-order valence-corrected chi connectivity index (χ1v) is 11.4. The first-order valence-electron chi connectivity index (χ1n) is 11.4. The Morgan fingerprint density at radius 3 is 2.50 bits per heavy atom. The zero-order valence-corrected chi connectivity index (χ0v) is 19.6. The van der Waals surface area contributed by atoms with Gasteiger partial charge in [0, 0.05) is 51.4 Å². The number of nitrogens with zero attached hydrogens (tertiary/aromatic N) is 4. The fourth-order valence-corrected chi connectivity index (χ4v) is 4.16. The molecule has 0 aliphatic carbocycles. The highest BCUT2D eigenvalue weighted by Gasteiger charge is 2.27. The topological polar surface area (TPSA) is 58.1 Å². The third-order valence-corrected chi connectivity index (χ3v) is 5.65. The van der Waals surface area contributed by atoms with Gasteiger partial charge in [-0.05, 0) is 45.4 Å². The summed E-state index contributed by atoms with van der Waals surface area (Å²) >= 11 is 0. The molecule has 2 aliphatic rings. The molecule has 2 aromatic rings. The number of carbonyl (C=O) groups excluding carboxylic acids is 1. The molecule has 32 heavy (non-hydrogen) atoms. The van der Waals surface area contributed by atoms with E-state index in [-0.39, 0.29) is 12.2 Å². The molecule has 1 unspecified atom stereocenters. The van der Waals surface area contributed by atoms with Crippen LogP contribution in [0.1, 0.15) is 38.8 Å². The Balaban J connectivity index is 1.40. The highest BCUT2D eigenvalue weighted by atomic mass is 16.6. The first kappa shape index (κ1) is 22.4. The van der Waals surface area contributed by atoms with E-state index in [0.717, 1.165) is 50.0 Å². The van der Waals surface area contributed by atoms with Gasteiger partial charge in [-0.2, -0.15) is 4.98 Å². The van der Waals surface area contributed by atoms with Crippen LogP contribution in [0.5, 0.6) is 5.88 Å². The summed E-state index contributed by atoms with van der Waals surface area (Å²) in [5.41, 5.74) is 1.94. The van der Waals surface area contributed by atoms with Crippen molar-refractivity contribution in [2.45, 2.75) is 52.5 Å². The predicted molar refractivity (Wildman–Crippen MR) is 125 cm³/mol. The minimum absolute atomic E-state index is 0.0618. The van der Waals surface area contributed by atoms with Gasteiger partial charge in [-0.25, -0.2) is 4.79 Å². The summed E-state index contributed by atoms with van der Waals surface area (Å²) in [6, 6.07) is 14.7. The van der Waals surface area contributed by atoms with Gasteiger partial charge in [0.1, 0.15) is 17.5 Å². The lowest BCUT2D eigenvalue weighted by Crippen LogP contribution is -2.50. The predicted octanol–water partition coefficient (Wildman–Crippen LogP) is 3.92.